The van der Waals surface area contributed by atoms with Gasteiger partial charge in [-0.2, -0.15) is 0 Å². The first-order valence-electron chi connectivity index (χ1n) is 6.03. The van der Waals surface area contributed by atoms with Gasteiger partial charge in [-0.25, -0.2) is 0 Å². The van der Waals surface area contributed by atoms with E-state index in [1.807, 2.05) is 0 Å². The van der Waals surface area contributed by atoms with Crippen LogP contribution in [0.4, 0.5) is 0 Å². The third kappa shape index (κ3) is 4.97. The van der Waals surface area contributed by atoms with Crippen LogP contribution < -0.4 is 5.32 Å². The lowest BCUT2D eigenvalue weighted by Crippen LogP contribution is -2.28. The Balaban J connectivity index is 1.89. The van der Waals surface area contributed by atoms with Crippen LogP contribution in [0, 0.1) is 5.92 Å². The Bertz CT molecular complexity index is 147. The second-order valence-electron chi connectivity index (χ2n) is 4.84. The smallest absolute Gasteiger partial charge is 0.0518 e. The van der Waals surface area contributed by atoms with Crippen molar-refractivity contribution < 1.29 is 4.74 Å². The molecule has 0 saturated heterocycles. The Morgan fingerprint density at radius 1 is 1.36 bits per heavy atom. The fourth-order valence-electron chi connectivity index (χ4n) is 2.09. The van der Waals surface area contributed by atoms with Gasteiger partial charge in [0.05, 0.1) is 6.10 Å². The monoisotopic (exact) mass is 199 g/mol. The maximum atomic E-state index is 5.49. The molecule has 0 radical (unpaired) electrons. The highest BCUT2D eigenvalue weighted by Gasteiger charge is 2.19. The SMILES string of the molecule is CC1CCC(NCCCOC(C)C)C1. The molecule has 14 heavy (non-hydrogen) atoms. The fourth-order valence-corrected chi connectivity index (χ4v) is 2.09. The number of nitrogens with one attached hydrogen (secondary N) is 1. The van der Waals surface area contributed by atoms with Gasteiger partial charge >= 0.3 is 0 Å². The molecule has 0 amide bonds. The van der Waals surface area contributed by atoms with Crippen LogP contribution in [-0.2, 0) is 4.74 Å². The Hall–Kier alpha value is -0.0800. The molecule has 2 atom stereocenters. The van der Waals surface area contributed by atoms with Crippen LogP contribution in [0.25, 0.3) is 0 Å². The molecule has 2 unspecified atom stereocenters. The molecule has 1 saturated carbocycles. The summed E-state index contributed by atoms with van der Waals surface area (Å²) in [6, 6.07) is 0.782. The number of hydrogen-bond donors (Lipinski definition) is 1. The summed E-state index contributed by atoms with van der Waals surface area (Å²) < 4.78 is 5.49. The van der Waals surface area contributed by atoms with Gasteiger partial charge < -0.3 is 10.1 Å². The molecule has 2 nitrogen and oxygen atoms in total. The zero-order valence-electron chi connectivity index (χ0n) is 9.88. The highest BCUT2D eigenvalue weighted by atomic mass is 16.5. The molecular formula is C12H25NO. The van der Waals surface area contributed by atoms with E-state index < -0.39 is 0 Å². The van der Waals surface area contributed by atoms with Crippen molar-refractivity contribution in [3.05, 3.63) is 0 Å². The molecule has 1 rings (SSSR count). The van der Waals surface area contributed by atoms with Crippen molar-refractivity contribution in [3.8, 4) is 0 Å². The summed E-state index contributed by atoms with van der Waals surface area (Å²) in [5, 5.41) is 3.61. The van der Waals surface area contributed by atoms with Crippen molar-refractivity contribution in [1.82, 2.24) is 5.32 Å². The van der Waals surface area contributed by atoms with Crippen LogP contribution in [0.5, 0.6) is 0 Å². The summed E-state index contributed by atoms with van der Waals surface area (Å²) in [6.45, 7) is 8.54. The largest absolute Gasteiger partial charge is 0.379 e. The Morgan fingerprint density at radius 3 is 2.71 bits per heavy atom. The Kier molecular flexibility index (Phi) is 5.49. The zero-order chi connectivity index (χ0) is 10.4. The molecule has 1 N–H and O–H groups in total. The van der Waals surface area contributed by atoms with Gasteiger partial charge in [-0.15, -0.1) is 0 Å². The summed E-state index contributed by atoms with van der Waals surface area (Å²) in [5.74, 6) is 0.930. The van der Waals surface area contributed by atoms with Crippen molar-refractivity contribution in [3.63, 3.8) is 0 Å². The summed E-state index contributed by atoms with van der Waals surface area (Å²) >= 11 is 0. The second kappa shape index (κ2) is 6.41. The van der Waals surface area contributed by atoms with E-state index in [-0.39, 0.29) is 0 Å². The Labute approximate surface area is 88.4 Å². The highest BCUT2D eigenvalue weighted by molar-refractivity contribution is 4.77. The van der Waals surface area contributed by atoms with E-state index in [0.717, 1.165) is 31.5 Å². The van der Waals surface area contributed by atoms with Crippen LogP contribution >= 0.6 is 0 Å². The lowest BCUT2D eigenvalue weighted by molar-refractivity contribution is 0.0767. The summed E-state index contributed by atoms with van der Waals surface area (Å²) in [4.78, 5) is 0. The van der Waals surface area contributed by atoms with E-state index in [9.17, 15) is 0 Å². The van der Waals surface area contributed by atoms with E-state index >= 15 is 0 Å². The molecule has 1 aliphatic rings. The first-order valence-corrected chi connectivity index (χ1v) is 6.03. The van der Waals surface area contributed by atoms with Gasteiger partial charge in [0, 0.05) is 12.6 Å². The van der Waals surface area contributed by atoms with Crippen LogP contribution in [0.2, 0.25) is 0 Å². The van der Waals surface area contributed by atoms with Gasteiger partial charge in [-0.1, -0.05) is 6.92 Å². The lowest BCUT2D eigenvalue weighted by Gasteiger charge is -2.12. The zero-order valence-corrected chi connectivity index (χ0v) is 9.88. The van der Waals surface area contributed by atoms with Crippen LogP contribution in [-0.4, -0.2) is 25.3 Å². The fraction of sp³-hybridized carbons (Fsp3) is 1.00. The topological polar surface area (TPSA) is 21.3 Å². The summed E-state index contributed by atoms with van der Waals surface area (Å²) in [7, 11) is 0. The maximum Gasteiger partial charge on any atom is 0.0518 e. The van der Waals surface area contributed by atoms with E-state index in [4.69, 9.17) is 4.74 Å². The minimum atomic E-state index is 0.376. The molecule has 0 bridgehead atoms. The second-order valence-corrected chi connectivity index (χ2v) is 4.84. The summed E-state index contributed by atoms with van der Waals surface area (Å²) in [6.07, 6.45) is 5.65. The molecular weight excluding hydrogens is 174 g/mol. The molecule has 0 aliphatic heterocycles. The average molecular weight is 199 g/mol. The van der Waals surface area contributed by atoms with E-state index in [2.05, 4.69) is 26.1 Å². The Morgan fingerprint density at radius 2 is 2.14 bits per heavy atom. The molecule has 0 aromatic carbocycles. The maximum absolute atomic E-state index is 5.49. The molecule has 0 aromatic rings. The van der Waals surface area contributed by atoms with Gasteiger partial charge in [-0.05, 0) is 52.0 Å². The molecule has 2 heteroatoms. The van der Waals surface area contributed by atoms with Crippen molar-refractivity contribution >= 4 is 0 Å². The first kappa shape index (κ1) is 12.0. The molecule has 84 valence electrons. The molecule has 0 heterocycles. The third-order valence-electron chi connectivity index (χ3n) is 2.90. The van der Waals surface area contributed by atoms with Crippen molar-refractivity contribution in [2.75, 3.05) is 13.2 Å². The standard InChI is InChI=1S/C12H25NO/c1-10(2)14-8-4-7-13-12-6-5-11(3)9-12/h10-13H,4-9H2,1-3H3. The number of ether oxygens (including phenoxy) is 1. The van der Waals surface area contributed by atoms with E-state index in [1.54, 1.807) is 0 Å². The van der Waals surface area contributed by atoms with Gasteiger partial charge in [0.15, 0.2) is 0 Å². The predicted molar refractivity (Wildman–Crippen MR) is 60.5 cm³/mol. The van der Waals surface area contributed by atoms with Gasteiger partial charge in [-0.3, -0.25) is 0 Å². The molecule has 1 aliphatic carbocycles. The van der Waals surface area contributed by atoms with E-state index in [1.165, 1.54) is 19.3 Å². The van der Waals surface area contributed by atoms with Crippen LogP contribution in [0.15, 0.2) is 0 Å². The highest BCUT2D eigenvalue weighted by Crippen LogP contribution is 2.24. The summed E-state index contributed by atoms with van der Waals surface area (Å²) in [5.41, 5.74) is 0. The minimum Gasteiger partial charge on any atom is -0.379 e. The number of rotatable bonds is 6. The van der Waals surface area contributed by atoms with Gasteiger partial charge in [0.25, 0.3) is 0 Å². The van der Waals surface area contributed by atoms with Crippen LogP contribution in [0.3, 0.4) is 0 Å². The lowest BCUT2D eigenvalue weighted by atomic mass is 10.1. The van der Waals surface area contributed by atoms with Crippen molar-refractivity contribution in [1.29, 1.82) is 0 Å². The van der Waals surface area contributed by atoms with Crippen LogP contribution in [0.1, 0.15) is 46.5 Å². The third-order valence-corrected chi connectivity index (χ3v) is 2.90. The normalized spacial score (nSPS) is 27.4. The minimum absolute atomic E-state index is 0.376. The van der Waals surface area contributed by atoms with Crippen molar-refractivity contribution in [2.45, 2.75) is 58.6 Å². The van der Waals surface area contributed by atoms with Crippen molar-refractivity contribution in [2.24, 2.45) is 5.92 Å². The first-order chi connectivity index (χ1) is 6.68. The molecule has 0 spiro atoms. The quantitative estimate of drug-likeness (QED) is 0.664. The number of hydrogen-bond acceptors (Lipinski definition) is 2. The van der Waals surface area contributed by atoms with Gasteiger partial charge in [0.2, 0.25) is 0 Å². The average Bonchev–Trinajstić information content (AvgIpc) is 2.50. The molecule has 1 fully saturated rings. The molecule has 0 aromatic heterocycles. The van der Waals surface area contributed by atoms with Gasteiger partial charge in [0.1, 0.15) is 0 Å². The van der Waals surface area contributed by atoms with E-state index in [0.29, 0.717) is 6.10 Å². The predicted octanol–water partition coefficient (Wildman–Crippen LogP) is 2.58.